The molecule has 1 amide bonds. The molecule has 4 nitrogen and oxygen atoms in total. The first kappa shape index (κ1) is 15.0. The van der Waals surface area contributed by atoms with E-state index in [0.29, 0.717) is 19.3 Å². The monoisotopic (exact) mass is 339 g/mol. The molecule has 5 heteroatoms. The molecule has 0 aliphatic heterocycles. The summed E-state index contributed by atoms with van der Waals surface area (Å²) in [7, 11) is 0. The van der Waals surface area contributed by atoms with E-state index >= 15 is 0 Å². The van der Waals surface area contributed by atoms with Crippen LogP contribution in [0, 0.1) is 11.8 Å². The van der Waals surface area contributed by atoms with Crippen LogP contribution in [0.3, 0.4) is 0 Å². The lowest BCUT2D eigenvalue weighted by atomic mass is 10.0. The molecule has 1 aromatic rings. The van der Waals surface area contributed by atoms with E-state index in [1.54, 1.807) is 0 Å². The van der Waals surface area contributed by atoms with Crippen LogP contribution in [0.1, 0.15) is 37.8 Å². The molecule has 1 fully saturated rings. The summed E-state index contributed by atoms with van der Waals surface area (Å²) in [5, 5.41) is 11.9. The minimum absolute atomic E-state index is 0.0405. The highest BCUT2D eigenvalue weighted by atomic mass is 79.9. The Balaban J connectivity index is 1.93. The SMILES string of the molecule is C[C@H](NC(=O)C1CCC(C(=O)O)C1)c1cccc(Br)c1. The van der Waals surface area contributed by atoms with Crippen molar-refractivity contribution in [2.45, 2.75) is 32.2 Å². The van der Waals surface area contributed by atoms with E-state index in [-0.39, 0.29) is 23.8 Å². The Labute approximate surface area is 126 Å². The Kier molecular flexibility index (Phi) is 4.81. The lowest BCUT2D eigenvalue weighted by Crippen LogP contribution is -2.32. The van der Waals surface area contributed by atoms with Crippen LogP contribution in [0.15, 0.2) is 28.7 Å². The number of carbonyl (C=O) groups is 2. The summed E-state index contributed by atoms with van der Waals surface area (Å²) < 4.78 is 0.975. The van der Waals surface area contributed by atoms with Gasteiger partial charge in [0.15, 0.2) is 0 Å². The second-order valence-corrected chi connectivity index (χ2v) is 6.25. The Morgan fingerprint density at radius 1 is 1.35 bits per heavy atom. The topological polar surface area (TPSA) is 66.4 Å². The lowest BCUT2D eigenvalue weighted by Gasteiger charge is -2.17. The average molecular weight is 340 g/mol. The van der Waals surface area contributed by atoms with Gasteiger partial charge in [0.1, 0.15) is 0 Å². The standard InChI is InChI=1S/C15H18BrNO3/c1-9(10-3-2-4-13(16)8-10)17-14(18)11-5-6-12(7-11)15(19)20/h2-4,8-9,11-12H,5-7H2,1H3,(H,17,18)(H,19,20)/t9-,11?,12?/m0/s1. The van der Waals surface area contributed by atoms with Crippen molar-refractivity contribution in [2.75, 3.05) is 0 Å². The summed E-state index contributed by atoms with van der Waals surface area (Å²) in [6, 6.07) is 7.72. The molecule has 2 rings (SSSR count). The number of aliphatic carboxylic acids is 1. The van der Waals surface area contributed by atoms with E-state index < -0.39 is 5.97 Å². The summed E-state index contributed by atoms with van der Waals surface area (Å²) in [4.78, 5) is 23.1. The van der Waals surface area contributed by atoms with Crippen molar-refractivity contribution in [3.8, 4) is 0 Å². The number of halogens is 1. The van der Waals surface area contributed by atoms with Gasteiger partial charge in [-0.1, -0.05) is 28.1 Å². The van der Waals surface area contributed by atoms with Gasteiger partial charge in [-0.05, 0) is 43.9 Å². The average Bonchev–Trinajstić information content (AvgIpc) is 2.88. The van der Waals surface area contributed by atoms with E-state index in [0.717, 1.165) is 10.0 Å². The zero-order valence-corrected chi connectivity index (χ0v) is 12.9. The number of rotatable bonds is 4. The predicted octanol–water partition coefficient (Wildman–Crippen LogP) is 3.13. The summed E-state index contributed by atoms with van der Waals surface area (Å²) in [5.74, 6) is -1.38. The molecule has 108 valence electrons. The quantitative estimate of drug-likeness (QED) is 0.885. The second kappa shape index (κ2) is 6.39. The first-order valence-electron chi connectivity index (χ1n) is 6.76. The van der Waals surface area contributed by atoms with Gasteiger partial charge in [0.2, 0.25) is 5.91 Å². The van der Waals surface area contributed by atoms with Crippen molar-refractivity contribution >= 4 is 27.8 Å². The molecule has 3 atom stereocenters. The molecule has 20 heavy (non-hydrogen) atoms. The lowest BCUT2D eigenvalue weighted by molar-refractivity contribution is -0.141. The van der Waals surface area contributed by atoms with Crippen LogP contribution in [0.2, 0.25) is 0 Å². The number of benzene rings is 1. The molecule has 0 heterocycles. The van der Waals surface area contributed by atoms with Crippen molar-refractivity contribution in [1.29, 1.82) is 0 Å². The zero-order chi connectivity index (χ0) is 14.7. The van der Waals surface area contributed by atoms with E-state index in [1.165, 1.54) is 0 Å². The van der Waals surface area contributed by atoms with E-state index in [1.807, 2.05) is 31.2 Å². The van der Waals surface area contributed by atoms with Crippen LogP contribution < -0.4 is 5.32 Å². The highest BCUT2D eigenvalue weighted by Gasteiger charge is 2.34. The number of amides is 1. The van der Waals surface area contributed by atoms with Gasteiger partial charge in [-0.15, -0.1) is 0 Å². The maximum absolute atomic E-state index is 12.2. The maximum atomic E-state index is 12.2. The molecule has 0 radical (unpaired) electrons. The molecular formula is C15H18BrNO3. The molecule has 1 aromatic carbocycles. The van der Waals surface area contributed by atoms with Gasteiger partial charge in [0.25, 0.3) is 0 Å². The highest BCUT2D eigenvalue weighted by Crippen LogP contribution is 2.31. The van der Waals surface area contributed by atoms with Crippen LogP contribution in [-0.2, 0) is 9.59 Å². The fourth-order valence-electron chi connectivity index (χ4n) is 2.63. The third kappa shape index (κ3) is 3.60. The van der Waals surface area contributed by atoms with Gasteiger partial charge in [0, 0.05) is 10.4 Å². The van der Waals surface area contributed by atoms with Crippen LogP contribution in [0.4, 0.5) is 0 Å². The summed E-state index contributed by atoms with van der Waals surface area (Å²) >= 11 is 3.41. The molecule has 0 saturated heterocycles. The Morgan fingerprint density at radius 3 is 2.65 bits per heavy atom. The Morgan fingerprint density at radius 2 is 2.05 bits per heavy atom. The molecule has 0 bridgehead atoms. The van der Waals surface area contributed by atoms with Crippen molar-refractivity contribution in [1.82, 2.24) is 5.32 Å². The number of carboxylic acid groups (broad SMARTS) is 1. The first-order chi connectivity index (χ1) is 9.47. The summed E-state index contributed by atoms with van der Waals surface area (Å²) in [6.07, 6.45) is 1.71. The summed E-state index contributed by atoms with van der Waals surface area (Å²) in [6.45, 7) is 1.93. The highest BCUT2D eigenvalue weighted by molar-refractivity contribution is 9.10. The zero-order valence-electron chi connectivity index (χ0n) is 11.3. The van der Waals surface area contributed by atoms with E-state index in [9.17, 15) is 9.59 Å². The third-order valence-corrected chi connectivity index (χ3v) is 4.35. The number of carboxylic acids is 1. The number of nitrogens with one attached hydrogen (secondary N) is 1. The van der Waals surface area contributed by atoms with Gasteiger partial charge in [0.05, 0.1) is 12.0 Å². The number of hydrogen-bond donors (Lipinski definition) is 2. The van der Waals surface area contributed by atoms with Gasteiger partial charge in [-0.2, -0.15) is 0 Å². The maximum Gasteiger partial charge on any atom is 0.306 e. The fourth-order valence-corrected chi connectivity index (χ4v) is 3.05. The Bertz CT molecular complexity index is 518. The number of hydrogen-bond acceptors (Lipinski definition) is 2. The normalized spacial score (nSPS) is 23.3. The van der Waals surface area contributed by atoms with Gasteiger partial charge >= 0.3 is 5.97 Å². The van der Waals surface area contributed by atoms with Crippen molar-refractivity contribution in [3.63, 3.8) is 0 Å². The van der Waals surface area contributed by atoms with Crippen LogP contribution in [0.25, 0.3) is 0 Å². The van der Waals surface area contributed by atoms with Crippen LogP contribution in [0.5, 0.6) is 0 Å². The predicted molar refractivity (Wildman–Crippen MR) is 79.2 cm³/mol. The second-order valence-electron chi connectivity index (χ2n) is 5.33. The largest absolute Gasteiger partial charge is 0.481 e. The number of carbonyl (C=O) groups excluding carboxylic acids is 1. The smallest absolute Gasteiger partial charge is 0.306 e. The van der Waals surface area contributed by atoms with Crippen molar-refractivity contribution in [2.24, 2.45) is 11.8 Å². The first-order valence-corrected chi connectivity index (χ1v) is 7.55. The molecule has 1 aliphatic carbocycles. The minimum Gasteiger partial charge on any atom is -0.481 e. The fraction of sp³-hybridized carbons (Fsp3) is 0.467. The van der Waals surface area contributed by atoms with E-state index in [4.69, 9.17) is 5.11 Å². The Hall–Kier alpha value is -1.36. The van der Waals surface area contributed by atoms with Crippen molar-refractivity contribution < 1.29 is 14.7 Å². The van der Waals surface area contributed by atoms with E-state index in [2.05, 4.69) is 21.2 Å². The molecule has 1 saturated carbocycles. The van der Waals surface area contributed by atoms with Crippen molar-refractivity contribution in [3.05, 3.63) is 34.3 Å². The van der Waals surface area contributed by atoms with Gasteiger partial charge < -0.3 is 10.4 Å². The van der Waals surface area contributed by atoms with Gasteiger partial charge in [-0.25, -0.2) is 0 Å². The molecule has 2 N–H and O–H groups in total. The molecule has 2 unspecified atom stereocenters. The van der Waals surface area contributed by atoms with Crippen LogP contribution in [-0.4, -0.2) is 17.0 Å². The summed E-state index contributed by atoms with van der Waals surface area (Å²) in [5.41, 5.74) is 1.03. The molecule has 0 aromatic heterocycles. The molecule has 0 spiro atoms. The molecule has 1 aliphatic rings. The third-order valence-electron chi connectivity index (χ3n) is 3.86. The van der Waals surface area contributed by atoms with Gasteiger partial charge in [-0.3, -0.25) is 9.59 Å². The minimum atomic E-state index is -0.791. The van der Waals surface area contributed by atoms with Crippen LogP contribution >= 0.6 is 15.9 Å². The molecular weight excluding hydrogens is 322 g/mol.